The normalized spacial score (nSPS) is 13.5. The first-order valence-corrected chi connectivity index (χ1v) is 8.79. The lowest BCUT2D eigenvalue weighted by molar-refractivity contribution is -0.143. The number of hydrogen-bond donors (Lipinski definition) is 8. The van der Waals surface area contributed by atoms with Crippen LogP contribution in [0.5, 0.6) is 0 Å². The number of carbonyl (C=O) groups excluding carboxylic acids is 3. The first kappa shape index (κ1) is 24.5. The van der Waals surface area contributed by atoms with Crippen LogP contribution in [0.3, 0.4) is 0 Å². The number of H-pyrrole nitrogens is 1. The topological polar surface area (TPSA) is 237 Å². The number of carboxylic acids is 2. The Balaban J connectivity index is 2.68. The van der Waals surface area contributed by atoms with Crippen LogP contribution in [-0.4, -0.2) is 86.2 Å². The first-order chi connectivity index (χ1) is 14.1. The van der Waals surface area contributed by atoms with E-state index in [2.05, 4.69) is 25.9 Å². The molecular formula is C16H24N6O8. The quantitative estimate of drug-likeness (QED) is 0.153. The maximum atomic E-state index is 12.4. The zero-order valence-electron chi connectivity index (χ0n) is 15.8. The number of aromatic nitrogens is 2. The van der Waals surface area contributed by atoms with E-state index in [9.17, 15) is 24.0 Å². The molecule has 0 bridgehead atoms. The number of aliphatic hydroxyl groups is 1. The van der Waals surface area contributed by atoms with Gasteiger partial charge in [-0.25, -0.2) is 9.78 Å². The van der Waals surface area contributed by atoms with Gasteiger partial charge in [0, 0.05) is 24.7 Å². The third-order valence-corrected chi connectivity index (χ3v) is 3.86. The molecule has 0 spiro atoms. The van der Waals surface area contributed by atoms with Crippen molar-refractivity contribution in [2.75, 3.05) is 13.2 Å². The molecule has 0 saturated carbocycles. The minimum Gasteiger partial charge on any atom is -0.481 e. The molecule has 166 valence electrons. The van der Waals surface area contributed by atoms with E-state index in [0.717, 1.165) is 0 Å². The van der Waals surface area contributed by atoms with Gasteiger partial charge in [0.25, 0.3) is 0 Å². The average Bonchev–Trinajstić information content (AvgIpc) is 3.20. The third-order valence-electron chi connectivity index (χ3n) is 3.86. The molecule has 0 aliphatic carbocycles. The lowest BCUT2D eigenvalue weighted by atomic mass is 10.1. The van der Waals surface area contributed by atoms with Gasteiger partial charge in [0.1, 0.15) is 12.1 Å². The van der Waals surface area contributed by atoms with Crippen LogP contribution in [0.2, 0.25) is 0 Å². The fraction of sp³-hybridized carbons (Fsp3) is 0.500. The minimum atomic E-state index is -1.56. The largest absolute Gasteiger partial charge is 0.481 e. The van der Waals surface area contributed by atoms with Gasteiger partial charge in [0.05, 0.1) is 25.5 Å². The van der Waals surface area contributed by atoms with Gasteiger partial charge in [0.15, 0.2) is 0 Å². The molecule has 0 radical (unpaired) electrons. The van der Waals surface area contributed by atoms with Crippen LogP contribution >= 0.6 is 0 Å². The highest BCUT2D eigenvalue weighted by atomic mass is 16.4. The standard InChI is InChI=1S/C16H24N6O8/c17-9(1-2-13(25)26)14(27)19-5-12(24)21-10(3-8-4-18-7-20-8)15(28)22-11(6-23)16(29)30/h4,7,9-11,23H,1-3,5-6,17H2,(H,18,20)(H,19,27)(H,21,24)(H,22,28)(H,25,26)(H,29,30). The molecule has 1 rings (SSSR count). The van der Waals surface area contributed by atoms with Crippen molar-refractivity contribution in [3.05, 3.63) is 18.2 Å². The number of nitrogens with two attached hydrogens (primary N) is 1. The number of aromatic amines is 1. The van der Waals surface area contributed by atoms with Crippen LogP contribution in [0.1, 0.15) is 18.5 Å². The van der Waals surface area contributed by atoms with Gasteiger partial charge in [-0.3, -0.25) is 19.2 Å². The maximum absolute atomic E-state index is 12.4. The number of hydrogen-bond acceptors (Lipinski definition) is 8. The van der Waals surface area contributed by atoms with Gasteiger partial charge in [-0.15, -0.1) is 0 Å². The Morgan fingerprint density at radius 2 is 1.80 bits per heavy atom. The van der Waals surface area contributed by atoms with Crippen molar-refractivity contribution in [1.29, 1.82) is 0 Å². The Kier molecular flexibility index (Phi) is 9.91. The number of nitrogens with one attached hydrogen (secondary N) is 4. The molecule has 0 aliphatic rings. The summed E-state index contributed by atoms with van der Waals surface area (Å²) in [6.45, 7) is -1.40. The van der Waals surface area contributed by atoms with Gasteiger partial charge < -0.3 is 42.0 Å². The van der Waals surface area contributed by atoms with E-state index in [1.165, 1.54) is 12.5 Å². The molecular weight excluding hydrogens is 404 g/mol. The van der Waals surface area contributed by atoms with Crippen LogP contribution in [0, 0.1) is 0 Å². The SMILES string of the molecule is NC(CCC(=O)O)C(=O)NCC(=O)NC(Cc1cnc[nH]1)C(=O)NC(CO)C(=O)O. The second-order valence-electron chi connectivity index (χ2n) is 6.24. The molecule has 0 fully saturated rings. The van der Waals surface area contributed by atoms with Gasteiger partial charge in [0.2, 0.25) is 17.7 Å². The molecule has 1 heterocycles. The van der Waals surface area contributed by atoms with E-state index >= 15 is 0 Å². The molecule has 1 aromatic rings. The molecule has 0 saturated heterocycles. The van der Waals surface area contributed by atoms with Crippen molar-refractivity contribution in [3.63, 3.8) is 0 Å². The highest BCUT2D eigenvalue weighted by molar-refractivity contribution is 5.92. The summed E-state index contributed by atoms with van der Waals surface area (Å²) in [4.78, 5) is 64.3. The van der Waals surface area contributed by atoms with Gasteiger partial charge in [-0.2, -0.15) is 0 Å². The Labute approximate surface area is 170 Å². The Morgan fingerprint density at radius 3 is 2.33 bits per heavy atom. The van der Waals surface area contributed by atoms with Crippen molar-refractivity contribution >= 4 is 29.7 Å². The lowest BCUT2D eigenvalue weighted by Gasteiger charge is -2.20. The predicted molar refractivity (Wildman–Crippen MR) is 98.7 cm³/mol. The average molecular weight is 428 g/mol. The fourth-order valence-electron chi connectivity index (χ4n) is 2.24. The number of rotatable bonds is 13. The molecule has 14 nitrogen and oxygen atoms in total. The number of carboxylic acid groups (broad SMARTS) is 2. The van der Waals surface area contributed by atoms with Crippen molar-refractivity contribution in [1.82, 2.24) is 25.9 Å². The number of imidazole rings is 1. The van der Waals surface area contributed by atoms with Crippen LogP contribution < -0.4 is 21.7 Å². The summed E-state index contributed by atoms with van der Waals surface area (Å²) >= 11 is 0. The molecule has 14 heteroatoms. The third kappa shape index (κ3) is 8.66. The molecule has 3 unspecified atom stereocenters. The Hall–Kier alpha value is -3.52. The number of aliphatic hydroxyl groups excluding tert-OH is 1. The molecule has 9 N–H and O–H groups in total. The maximum Gasteiger partial charge on any atom is 0.328 e. The van der Waals surface area contributed by atoms with Gasteiger partial charge in [-0.1, -0.05) is 0 Å². The molecule has 0 aromatic carbocycles. The molecule has 0 aliphatic heterocycles. The van der Waals surface area contributed by atoms with E-state index in [-0.39, 0.29) is 19.3 Å². The van der Waals surface area contributed by atoms with Crippen molar-refractivity contribution in [2.24, 2.45) is 5.73 Å². The number of nitrogens with zero attached hydrogens (tertiary/aromatic N) is 1. The summed E-state index contributed by atoms with van der Waals surface area (Å²) in [5.74, 6) is -4.97. The number of amides is 3. The smallest absolute Gasteiger partial charge is 0.328 e. The summed E-state index contributed by atoms with van der Waals surface area (Å²) in [5, 5.41) is 33.2. The minimum absolute atomic E-state index is 0.0680. The molecule has 30 heavy (non-hydrogen) atoms. The van der Waals surface area contributed by atoms with E-state index in [0.29, 0.717) is 5.69 Å². The highest BCUT2D eigenvalue weighted by Crippen LogP contribution is 2.00. The Morgan fingerprint density at radius 1 is 1.10 bits per heavy atom. The zero-order chi connectivity index (χ0) is 22.7. The fourth-order valence-corrected chi connectivity index (χ4v) is 2.24. The van der Waals surface area contributed by atoms with E-state index < -0.39 is 60.9 Å². The van der Waals surface area contributed by atoms with E-state index in [1.807, 2.05) is 0 Å². The predicted octanol–water partition coefficient (Wildman–Crippen LogP) is -3.69. The lowest BCUT2D eigenvalue weighted by Crippen LogP contribution is -2.55. The van der Waals surface area contributed by atoms with Crippen molar-refractivity contribution in [3.8, 4) is 0 Å². The zero-order valence-corrected chi connectivity index (χ0v) is 15.8. The van der Waals surface area contributed by atoms with Crippen LogP contribution in [0.15, 0.2) is 12.5 Å². The second kappa shape index (κ2) is 12.1. The van der Waals surface area contributed by atoms with Crippen molar-refractivity contribution in [2.45, 2.75) is 37.4 Å². The molecule has 1 aromatic heterocycles. The summed E-state index contributed by atoms with van der Waals surface area (Å²) in [6.07, 6.45) is 2.24. The second-order valence-corrected chi connectivity index (χ2v) is 6.24. The first-order valence-electron chi connectivity index (χ1n) is 8.79. The summed E-state index contributed by atoms with van der Waals surface area (Å²) < 4.78 is 0. The van der Waals surface area contributed by atoms with Crippen molar-refractivity contribution < 1.29 is 39.3 Å². The van der Waals surface area contributed by atoms with E-state index in [1.54, 1.807) is 0 Å². The summed E-state index contributed by atoms with van der Waals surface area (Å²) in [5.41, 5.74) is 5.99. The Bertz CT molecular complexity index is 753. The van der Waals surface area contributed by atoms with Crippen LogP contribution in [-0.2, 0) is 30.4 Å². The monoisotopic (exact) mass is 428 g/mol. The number of aliphatic carboxylic acids is 2. The molecule has 3 atom stereocenters. The number of carbonyl (C=O) groups is 5. The summed E-state index contributed by atoms with van der Waals surface area (Å²) in [7, 11) is 0. The van der Waals surface area contributed by atoms with Gasteiger partial charge >= 0.3 is 11.9 Å². The molecule has 3 amide bonds. The van der Waals surface area contributed by atoms with Crippen LogP contribution in [0.4, 0.5) is 0 Å². The highest BCUT2D eigenvalue weighted by Gasteiger charge is 2.27. The van der Waals surface area contributed by atoms with Crippen LogP contribution in [0.25, 0.3) is 0 Å². The van der Waals surface area contributed by atoms with E-state index in [4.69, 9.17) is 21.1 Å². The summed E-state index contributed by atoms with van der Waals surface area (Å²) in [6, 6.07) is -3.92. The van der Waals surface area contributed by atoms with Gasteiger partial charge in [-0.05, 0) is 6.42 Å².